The molecule has 2 rings (SSSR count). The minimum Gasteiger partial charge on any atom is -0.314 e. The lowest BCUT2D eigenvalue weighted by Gasteiger charge is -2.25. The first-order chi connectivity index (χ1) is 5.75. The van der Waals surface area contributed by atoms with Crippen molar-refractivity contribution >= 4 is 0 Å². The molecule has 2 aliphatic rings. The second kappa shape index (κ2) is 3.37. The normalized spacial score (nSPS) is 48.5. The summed E-state index contributed by atoms with van der Waals surface area (Å²) >= 11 is 0. The van der Waals surface area contributed by atoms with Gasteiger partial charge >= 0.3 is 0 Å². The summed E-state index contributed by atoms with van der Waals surface area (Å²) in [7, 11) is 0. The van der Waals surface area contributed by atoms with E-state index < -0.39 is 0 Å². The Bertz CT molecular complexity index is 153. The fourth-order valence-corrected chi connectivity index (χ4v) is 2.94. The molecule has 0 radical (unpaired) electrons. The van der Waals surface area contributed by atoms with Crippen LogP contribution in [0, 0.1) is 17.8 Å². The maximum Gasteiger partial charge on any atom is 0.00698 e. The van der Waals surface area contributed by atoms with Gasteiger partial charge in [0.05, 0.1) is 0 Å². The number of rotatable bonds is 0. The Morgan fingerprint density at radius 3 is 2.75 bits per heavy atom. The van der Waals surface area contributed by atoms with E-state index in [-0.39, 0.29) is 0 Å². The van der Waals surface area contributed by atoms with Gasteiger partial charge < -0.3 is 5.32 Å². The lowest BCUT2D eigenvalue weighted by molar-refractivity contribution is 0.275. The summed E-state index contributed by atoms with van der Waals surface area (Å²) in [6.07, 6.45) is 5.75. The van der Waals surface area contributed by atoms with Crippen molar-refractivity contribution < 1.29 is 0 Å². The Labute approximate surface area is 75.9 Å². The first-order valence-corrected chi connectivity index (χ1v) is 5.49. The standard InChI is InChI=1S/C11H21N/c1-8-5-10-7-12-11(6-8)4-3-9(10)2/h8-12H,3-7H2,1-2H3. The van der Waals surface area contributed by atoms with E-state index in [1.807, 2.05) is 0 Å². The van der Waals surface area contributed by atoms with Crippen LogP contribution in [0.1, 0.15) is 39.5 Å². The van der Waals surface area contributed by atoms with Crippen LogP contribution < -0.4 is 5.32 Å². The summed E-state index contributed by atoms with van der Waals surface area (Å²) in [6.45, 7) is 6.15. The third-order valence-corrected chi connectivity index (χ3v) is 3.84. The first kappa shape index (κ1) is 8.55. The molecule has 1 nitrogen and oxygen atoms in total. The summed E-state index contributed by atoms with van der Waals surface area (Å²) in [5.74, 6) is 2.88. The molecular formula is C11H21N. The SMILES string of the molecule is CC1CC2CCC(C)C(CN2)C1. The monoisotopic (exact) mass is 167 g/mol. The zero-order valence-corrected chi connectivity index (χ0v) is 8.34. The molecule has 0 saturated carbocycles. The summed E-state index contributed by atoms with van der Waals surface area (Å²) in [5.41, 5.74) is 0. The third kappa shape index (κ3) is 1.66. The maximum atomic E-state index is 3.70. The number of hydrogen-bond acceptors (Lipinski definition) is 1. The Morgan fingerprint density at radius 1 is 1.08 bits per heavy atom. The first-order valence-electron chi connectivity index (χ1n) is 5.49. The molecule has 1 heteroatoms. The highest BCUT2D eigenvalue weighted by atomic mass is 14.9. The van der Waals surface area contributed by atoms with E-state index in [1.54, 1.807) is 0 Å². The quantitative estimate of drug-likeness (QED) is 0.584. The minimum atomic E-state index is 0.843. The van der Waals surface area contributed by atoms with Gasteiger partial charge in [0, 0.05) is 6.04 Å². The highest BCUT2D eigenvalue weighted by Gasteiger charge is 2.29. The van der Waals surface area contributed by atoms with Crippen LogP contribution in [0.15, 0.2) is 0 Å². The molecule has 0 aliphatic carbocycles. The summed E-state index contributed by atoms with van der Waals surface area (Å²) in [4.78, 5) is 0. The molecule has 2 heterocycles. The third-order valence-electron chi connectivity index (χ3n) is 3.84. The van der Waals surface area contributed by atoms with Crippen LogP contribution in [0.3, 0.4) is 0 Å². The van der Waals surface area contributed by atoms with Crippen molar-refractivity contribution in [1.82, 2.24) is 5.32 Å². The Hall–Kier alpha value is -0.0400. The van der Waals surface area contributed by atoms with Gasteiger partial charge in [-0.3, -0.25) is 0 Å². The molecule has 0 spiro atoms. The van der Waals surface area contributed by atoms with Gasteiger partial charge in [-0.05, 0) is 50.0 Å². The van der Waals surface area contributed by atoms with Crippen LogP contribution in [0.5, 0.6) is 0 Å². The fraction of sp³-hybridized carbons (Fsp3) is 1.00. The molecule has 2 bridgehead atoms. The molecule has 0 aromatic heterocycles. The maximum absolute atomic E-state index is 3.70. The van der Waals surface area contributed by atoms with Crippen LogP contribution >= 0.6 is 0 Å². The smallest absolute Gasteiger partial charge is 0.00698 e. The highest BCUT2D eigenvalue weighted by molar-refractivity contribution is 4.85. The van der Waals surface area contributed by atoms with Crippen molar-refractivity contribution in [3.63, 3.8) is 0 Å². The van der Waals surface area contributed by atoms with E-state index in [2.05, 4.69) is 19.2 Å². The van der Waals surface area contributed by atoms with Crippen molar-refractivity contribution in [3.05, 3.63) is 0 Å². The van der Waals surface area contributed by atoms with Crippen molar-refractivity contribution in [2.75, 3.05) is 6.54 Å². The minimum absolute atomic E-state index is 0.843. The number of hydrogen-bond donors (Lipinski definition) is 1. The Morgan fingerprint density at radius 2 is 1.92 bits per heavy atom. The van der Waals surface area contributed by atoms with Crippen molar-refractivity contribution in [2.24, 2.45) is 17.8 Å². The van der Waals surface area contributed by atoms with Gasteiger partial charge in [-0.1, -0.05) is 13.8 Å². The van der Waals surface area contributed by atoms with Crippen LogP contribution in [-0.4, -0.2) is 12.6 Å². The van der Waals surface area contributed by atoms with E-state index in [1.165, 1.54) is 32.2 Å². The molecule has 2 aliphatic heterocycles. The van der Waals surface area contributed by atoms with E-state index in [4.69, 9.17) is 0 Å². The molecule has 70 valence electrons. The molecule has 1 N–H and O–H groups in total. The van der Waals surface area contributed by atoms with Crippen LogP contribution in [0.25, 0.3) is 0 Å². The Kier molecular flexibility index (Phi) is 2.40. The topological polar surface area (TPSA) is 12.0 Å². The van der Waals surface area contributed by atoms with E-state index in [9.17, 15) is 0 Å². The predicted octanol–water partition coefficient (Wildman–Crippen LogP) is 2.42. The zero-order chi connectivity index (χ0) is 8.55. The Balaban J connectivity index is 2.09. The van der Waals surface area contributed by atoms with E-state index in [0.29, 0.717) is 0 Å². The molecule has 0 amide bonds. The largest absolute Gasteiger partial charge is 0.314 e. The molecule has 0 aromatic rings. The molecule has 2 fully saturated rings. The van der Waals surface area contributed by atoms with Gasteiger partial charge in [0.25, 0.3) is 0 Å². The molecular weight excluding hydrogens is 146 g/mol. The predicted molar refractivity (Wildman–Crippen MR) is 52.1 cm³/mol. The van der Waals surface area contributed by atoms with Gasteiger partial charge in [-0.15, -0.1) is 0 Å². The summed E-state index contributed by atoms with van der Waals surface area (Å²) in [6, 6.07) is 0.843. The van der Waals surface area contributed by atoms with Crippen LogP contribution in [0.4, 0.5) is 0 Å². The summed E-state index contributed by atoms with van der Waals surface area (Å²) in [5, 5.41) is 3.70. The van der Waals surface area contributed by atoms with Gasteiger partial charge in [0.1, 0.15) is 0 Å². The van der Waals surface area contributed by atoms with E-state index in [0.717, 1.165) is 23.8 Å². The zero-order valence-electron chi connectivity index (χ0n) is 8.34. The van der Waals surface area contributed by atoms with Crippen LogP contribution in [0.2, 0.25) is 0 Å². The molecule has 12 heavy (non-hydrogen) atoms. The van der Waals surface area contributed by atoms with Gasteiger partial charge in [0.2, 0.25) is 0 Å². The molecule has 4 atom stereocenters. The van der Waals surface area contributed by atoms with Gasteiger partial charge in [0.15, 0.2) is 0 Å². The van der Waals surface area contributed by atoms with Gasteiger partial charge in [-0.25, -0.2) is 0 Å². The fourth-order valence-electron chi connectivity index (χ4n) is 2.94. The number of nitrogens with one attached hydrogen (secondary N) is 1. The average molecular weight is 167 g/mol. The van der Waals surface area contributed by atoms with Gasteiger partial charge in [-0.2, -0.15) is 0 Å². The summed E-state index contributed by atoms with van der Waals surface area (Å²) < 4.78 is 0. The molecule has 4 unspecified atom stereocenters. The van der Waals surface area contributed by atoms with Crippen molar-refractivity contribution in [2.45, 2.75) is 45.6 Å². The average Bonchev–Trinajstić information content (AvgIpc) is 2.29. The number of fused-ring (bicyclic) bond motifs is 3. The highest BCUT2D eigenvalue weighted by Crippen LogP contribution is 2.33. The van der Waals surface area contributed by atoms with Crippen molar-refractivity contribution in [1.29, 1.82) is 0 Å². The van der Waals surface area contributed by atoms with Crippen molar-refractivity contribution in [3.8, 4) is 0 Å². The molecule has 0 aromatic carbocycles. The second-order valence-corrected chi connectivity index (χ2v) is 5.00. The lowest BCUT2D eigenvalue weighted by Crippen LogP contribution is -2.28. The molecule has 2 saturated heterocycles. The van der Waals surface area contributed by atoms with E-state index >= 15 is 0 Å². The van der Waals surface area contributed by atoms with Crippen LogP contribution in [-0.2, 0) is 0 Å². The lowest BCUT2D eigenvalue weighted by atomic mass is 9.80. The second-order valence-electron chi connectivity index (χ2n) is 5.00.